The Bertz CT molecular complexity index is 509. The van der Waals surface area contributed by atoms with E-state index in [-0.39, 0.29) is 11.5 Å². The lowest BCUT2D eigenvalue weighted by molar-refractivity contribution is 0.589. The summed E-state index contributed by atoms with van der Waals surface area (Å²) in [7, 11) is 0. The first-order valence-corrected chi connectivity index (χ1v) is 6.73. The predicted molar refractivity (Wildman–Crippen MR) is 80.0 cm³/mol. The first kappa shape index (κ1) is 13.8. The summed E-state index contributed by atoms with van der Waals surface area (Å²) < 4.78 is 0. The average Bonchev–Trinajstić information content (AvgIpc) is 2.39. The monoisotopic (exact) mass is 254 g/mol. The Labute approximate surface area is 115 Å². The van der Waals surface area contributed by atoms with Gasteiger partial charge >= 0.3 is 0 Å². The smallest absolute Gasteiger partial charge is 0.0422 e. The summed E-state index contributed by atoms with van der Waals surface area (Å²) in [4.78, 5) is 4.32. The molecule has 0 saturated heterocycles. The van der Waals surface area contributed by atoms with Gasteiger partial charge in [-0.2, -0.15) is 0 Å². The number of hydrogen-bond acceptors (Lipinski definition) is 2. The van der Waals surface area contributed by atoms with Crippen LogP contribution < -0.4 is 5.73 Å². The molecule has 0 spiro atoms. The fourth-order valence-electron chi connectivity index (χ4n) is 2.09. The Morgan fingerprint density at radius 2 is 1.74 bits per heavy atom. The van der Waals surface area contributed by atoms with Crippen LogP contribution in [-0.2, 0) is 11.8 Å². The van der Waals surface area contributed by atoms with E-state index in [0.29, 0.717) is 0 Å². The lowest BCUT2D eigenvalue weighted by Gasteiger charge is -2.20. The molecule has 2 nitrogen and oxygen atoms in total. The van der Waals surface area contributed by atoms with Gasteiger partial charge in [-0.05, 0) is 28.7 Å². The quantitative estimate of drug-likeness (QED) is 0.908. The highest BCUT2D eigenvalue weighted by atomic mass is 14.7. The molecule has 0 fully saturated rings. The number of hydrogen-bond donors (Lipinski definition) is 1. The zero-order chi connectivity index (χ0) is 13.9. The van der Waals surface area contributed by atoms with Crippen LogP contribution in [0.2, 0.25) is 0 Å². The largest absolute Gasteiger partial charge is 0.324 e. The molecule has 0 saturated carbocycles. The molecule has 2 heteroatoms. The molecule has 100 valence electrons. The zero-order valence-electron chi connectivity index (χ0n) is 11.9. The highest BCUT2D eigenvalue weighted by Crippen LogP contribution is 2.24. The standard InChI is InChI=1S/C17H22N2/c1-17(2,3)14-9-7-13(8-10-14)16(18)12-15-6-4-5-11-19-15/h4-11,16H,12,18H2,1-3H3. The molecular formula is C17H22N2. The van der Waals surface area contributed by atoms with Crippen LogP contribution in [0.3, 0.4) is 0 Å². The summed E-state index contributed by atoms with van der Waals surface area (Å²) in [5.41, 5.74) is 9.97. The third-order valence-electron chi connectivity index (χ3n) is 3.36. The van der Waals surface area contributed by atoms with Crippen LogP contribution in [0.4, 0.5) is 0 Å². The van der Waals surface area contributed by atoms with Gasteiger partial charge in [0.05, 0.1) is 0 Å². The summed E-state index contributed by atoms with van der Waals surface area (Å²) in [6, 6.07) is 14.6. The van der Waals surface area contributed by atoms with E-state index in [0.717, 1.165) is 12.1 Å². The van der Waals surface area contributed by atoms with Gasteiger partial charge in [-0.25, -0.2) is 0 Å². The second-order valence-corrected chi connectivity index (χ2v) is 6.00. The molecule has 2 aromatic rings. The molecule has 1 heterocycles. The second kappa shape index (κ2) is 5.54. The van der Waals surface area contributed by atoms with E-state index in [1.807, 2.05) is 24.4 Å². The highest BCUT2D eigenvalue weighted by Gasteiger charge is 2.14. The summed E-state index contributed by atoms with van der Waals surface area (Å²) in [5, 5.41) is 0. The molecule has 2 N–H and O–H groups in total. The molecule has 1 aromatic carbocycles. The van der Waals surface area contributed by atoms with E-state index in [1.165, 1.54) is 11.1 Å². The lowest BCUT2D eigenvalue weighted by Crippen LogP contribution is -2.15. The summed E-state index contributed by atoms with van der Waals surface area (Å²) >= 11 is 0. The zero-order valence-corrected chi connectivity index (χ0v) is 11.9. The van der Waals surface area contributed by atoms with Gasteiger partial charge in [-0.15, -0.1) is 0 Å². The maximum Gasteiger partial charge on any atom is 0.0422 e. The predicted octanol–water partition coefficient (Wildman–Crippen LogP) is 3.62. The summed E-state index contributed by atoms with van der Waals surface area (Å²) in [6.07, 6.45) is 2.58. The van der Waals surface area contributed by atoms with Crippen molar-refractivity contribution < 1.29 is 0 Å². The minimum absolute atomic E-state index is 0.00363. The molecule has 0 amide bonds. The molecular weight excluding hydrogens is 232 g/mol. The topological polar surface area (TPSA) is 38.9 Å². The third-order valence-corrected chi connectivity index (χ3v) is 3.36. The molecule has 0 bridgehead atoms. The maximum absolute atomic E-state index is 6.25. The van der Waals surface area contributed by atoms with Gasteiger partial charge in [0, 0.05) is 24.4 Å². The second-order valence-electron chi connectivity index (χ2n) is 6.00. The molecule has 0 radical (unpaired) electrons. The van der Waals surface area contributed by atoms with Gasteiger partial charge in [0.2, 0.25) is 0 Å². The van der Waals surface area contributed by atoms with Crippen LogP contribution in [0.1, 0.15) is 43.6 Å². The Morgan fingerprint density at radius 1 is 1.05 bits per heavy atom. The number of aromatic nitrogens is 1. The molecule has 0 aliphatic rings. The van der Waals surface area contributed by atoms with Crippen LogP contribution in [0.25, 0.3) is 0 Å². The van der Waals surface area contributed by atoms with Crippen molar-refractivity contribution in [1.82, 2.24) is 4.98 Å². The first-order valence-electron chi connectivity index (χ1n) is 6.73. The number of rotatable bonds is 3. The van der Waals surface area contributed by atoms with E-state index in [2.05, 4.69) is 50.0 Å². The molecule has 1 atom stereocenters. The van der Waals surface area contributed by atoms with Gasteiger partial charge in [-0.3, -0.25) is 4.98 Å². The van der Waals surface area contributed by atoms with E-state index < -0.39 is 0 Å². The SMILES string of the molecule is CC(C)(C)c1ccc(C(N)Cc2ccccn2)cc1. The van der Waals surface area contributed by atoms with Gasteiger partial charge in [0.1, 0.15) is 0 Å². The number of benzene rings is 1. The van der Waals surface area contributed by atoms with E-state index in [1.54, 1.807) is 0 Å². The van der Waals surface area contributed by atoms with Crippen LogP contribution in [0, 0.1) is 0 Å². The lowest BCUT2D eigenvalue weighted by atomic mass is 9.86. The van der Waals surface area contributed by atoms with E-state index in [4.69, 9.17) is 5.73 Å². The Balaban J connectivity index is 2.10. The van der Waals surface area contributed by atoms with E-state index >= 15 is 0 Å². The number of pyridine rings is 1. The van der Waals surface area contributed by atoms with Crippen LogP contribution in [0.5, 0.6) is 0 Å². The van der Waals surface area contributed by atoms with Crippen molar-refractivity contribution in [1.29, 1.82) is 0 Å². The maximum atomic E-state index is 6.25. The van der Waals surface area contributed by atoms with Crippen molar-refractivity contribution in [3.8, 4) is 0 Å². The minimum Gasteiger partial charge on any atom is -0.324 e. The normalized spacial score (nSPS) is 13.3. The fourth-order valence-corrected chi connectivity index (χ4v) is 2.09. The summed E-state index contributed by atoms with van der Waals surface area (Å²) in [5.74, 6) is 0. The van der Waals surface area contributed by atoms with Crippen molar-refractivity contribution in [3.63, 3.8) is 0 Å². The number of nitrogens with zero attached hydrogens (tertiary/aromatic N) is 1. The molecule has 0 aliphatic heterocycles. The Hall–Kier alpha value is -1.67. The molecule has 19 heavy (non-hydrogen) atoms. The minimum atomic E-state index is 0.00363. The molecule has 0 aliphatic carbocycles. The van der Waals surface area contributed by atoms with E-state index in [9.17, 15) is 0 Å². The van der Waals surface area contributed by atoms with Crippen LogP contribution in [-0.4, -0.2) is 4.98 Å². The molecule has 1 aromatic heterocycles. The average molecular weight is 254 g/mol. The highest BCUT2D eigenvalue weighted by molar-refractivity contribution is 5.29. The van der Waals surface area contributed by atoms with Crippen molar-refractivity contribution in [2.45, 2.75) is 38.6 Å². The van der Waals surface area contributed by atoms with Gasteiger partial charge in [0.15, 0.2) is 0 Å². The number of nitrogens with two attached hydrogens (primary N) is 1. The van der Waals surface area contributed by atoms with Crippen molar-refractivity contribution in [3.05, 3.63) is 65.5 Å². The fraction of sp³-hybridized carbons (Fsp3) is 0.353. The first-order chi connectivity index (χ1) is 8.97. The van der Waals surface area contributed by atoms with Gasteiger partial charge in [-0.1, -0.05) is 51.1 Å². The van der Waals surface area contributed by atoms with Crippen LogP contribution >= 0.6 is 0 Å². The van der Waals surface area contributed by atoms with Crippen molar-refractivity contribution in [2.75, 3.05) is 0 Å². The third kappa shape index (κ3) is 3.65. The molecule has 2 rings (SSSR count). The van der Waals surface area contributed by atoms with Crippen LogP contribution in [0.15, 0.2) is 48.7 Å². The summed E-state index contributed by atoms with van der Waals surface area (Å²) in [6.45, 7) is 6.65. The Kier molecular flexibility index (Phi) is 4.01. The molecule has 1 unspecified atom stereocenters. The Morgan fingerprint density at radius 3 is 2.26 bits per heavy atom. The van der Waals surface area contributed by atoms with Crippen molar-refractivity contribution in [2.24, 2.45) is 5.73 Å². The van der Waals surface area contributed by atoms with Crippen molar-refractivity contribution >= 4 is 0 Å². The van der Waals surface area contributed by atoms with Gasteiger partial charge < -0.3 is 5.73 Å². The van der Waals surface area contributed by atoms with Gasteiger partial charge in [0.25, 0.3) is 0 Å².